The third-order valence-corrected chi connectivity index (χ3v) is 3.83. The van der Waals surface area contributed by atoms with Crippen LogP contribution in [0, 0.1) is 0 Å². The highest BCUT2D eigenvalue weighted by molar-refractivity contribution is 5.25. The third kappa shape index (κ3) is 3.65. The van der Waals surface area contributed by atoms with Crippen molar-refractivity contribution >= 4 is 0 Å². The van der Waals surface area contributed by atoms with E-state index >= 15 is 0 Å². The van der Waals surface area contributed by atoms with Gasteiger partial charge >= 0.3 is 0 Å². The van der Waals surface area contributed by atoms with Gasteiger partial charge in [0.25, 0.3) is 0 Å². The first-order chi connectivity index (χ1) is 9.10. The Hall–Kier alpha value is -1.17. The molecule has 0 radical (unpaired) electrons. The van der Waals surface area contributed by atoms with E-state index in [4.69, 9.17) is 4.74 Å². The monoisotopic (exact) mass is 265 g/mol. The number of methoxy groups -OCH3 is 1. The first kappa shape index (κ1) is 14.2. The molecule has 1 aromatic rings. The smallest absolute Gasteiger partial charge is 0.137 e. The normalized spacial score (nSPS) is 23.3. The summed E-state index contributed by atoms with van der Waals surface area (Å²) < 4.78 is 5.14. The van der Waals surface area contributed by atoms with Crippen LogP contribution in [0.25, 0.3) is 0 Å². The molecular formula is C14H23N3O2. The van der Waals surface area contributed by atoms with Gasteiger partial charge in [-0.15, -0.1) is 0 Å². The number of ether oxygens (including phenoxy) is 1. The number of hydrogen-bond donors (Lipinski definition) is 1. The van der Waals surface area contributed by atoms with Crippen molar-refractivity contribution in [3.8, 4) is 5.75 Å². The molecule has 1 saturated heterocycles. The summed E-state index contributed by atoms with van der Waals surface area (Å²) in [7, 11) is 5.85. The molecule has 1 aliphatic rings. The maximum absolute atomic E-state index is 10.4. The maximum Gasteiger partial charge on any atom is 0.137 e. The van der Waals surface area contributed by atoms with Crippen LogP contribution >= 0.6 is 0 Å². The number of piperazine rings is 1. The van der Waals surface area contributed by atoms with Gasteiger partial charge in [-0.2, -0.15) is 0 Å². The fraction of sp³-hybridized carbons (Fsp3) is 0.643. The number of aliphatic hydroxyl groups is 1. The minimum Gasteiger partial charge on any atom is -0.495 e. The van der Waals surface area contributed by atoms with Gasteiger partial charge in [0.2, 0.25) is 0 Å². The number of rotatable bonds is 4. The lowest BCUT2D eigenvalue weighted by atomic mass is 10.0. The van der Waals surface area contributed by atoms with Crippen LogP contribution in [0.4, 0.5) is 0 Å². The highest BCUT2D eigenvalue weighted by atomic mass is 16.5. The van der Waals surface area contributed by atoms with Crippen LogP contribution < -0.4 is 4.74 Å². The minimum atomic E-state index is -0.499. The molecular weight excluding hydrogens is 242 g/mol. The number of aliphatic hydroxyl groups excluding tert-OH is 1. The predicted octanol–water partition coefficient (Wildman–Crippen LogP) is 0.759. The van der Waals surface area contributed by atoms with Crippen LogP contribution in [-0.2, 0) is 0 Å². The van der Waals surface area contributed by atoms with E-state index in [1.807, 2.05) is 6.07 Å². The average Bonchev–Trinajstić information content (AvgIpc) is 2.43. The lowest BCUT2D eigenvalue weighted by Gasteiger charge is -2.38. The first-order valence-corrected chi connectivity index (χ1v) is 6.66. The van der Waals surface area contributed by atoms with Crippen LogP contribution in [0.15, 0.2) is 18.5 Å². The SMILES string of the molecule is COc1cncc(C(O)CC2CN(C)CCN2C)c1. The summed E-state index contributed by atoms with van der Waals surface area (Å²) in [5.41, 5.74) is 0.820. The average molecular weight is 265 g/mol. The Morgan fingerprint density at radius 1 is 1.42 bits per heavy atom. The van der Waals surface area contributed by atoms with E-state index in [0.717, 1.165) is 31.6 Å². The standard InChI is InChI=1S/C14H23N3O2/c1-16-4-5-17(2)12(10-16)7-14(18)11-6-13(19-3)9-15-8-11/h6,8-9,12,14,18H,4-5,7,10H2,1-3H3. The van der Waals surface area contributed by atoms with Crippen molar-refractivity contribution in [3.63, 3.8) is 0 Å². The Morgan fingerprint density at radius 2 is 2.21 bits per heavy atom. The van der Waals surface area contributed by atoms with Gasteiger partial charge in [0.1, 0.15) is 5.75 Å². The quantitative estimate of drug-likeness (QED) is 0.871. The zero-order valence-corrected chi connectivity index (χ0v) is 11.9. The van der Waals surface area contributed by atoms with E-state index in [0.29, 0.717) is 11.8 Å². The summed E-state index contributed by atoms with van der Waals surface area (Å²) >= 11 is 0. The second-order valence-electron chi connectivity index (χ2n) is 5.31. The Bertz CT molecular complexity index is 413. The zero-order chi connectivity index (χ0) is 13.8. The first-order valence-electron chi connectivity index (χ1n) is 6.66. The Morgan fingerprint density at radius 3 is 2.95 bits per heavy atom. The van der Waals surface area contributed by atoms with Gasteiger partial charge in [0, 0.05) is 37.4 Å². The van der Waals surface area contributed by atoms with Crippen molar-refractivity contribution in [1.29, 1.82) is 0 Å². The van der Waals surface area contributed by atoms with Gasteiger partial charge < -0.3 is 19.6 Å². The molecule has 0 bridgehead atoms. The molecule has 1 aromatic heterocycles. The molecule has 1 N–H and O–H groups in total. The fourth-order valence-corrected chi connectivity index (χ4v) is 2.48. The molecule has 0 aromatic carbocycles. The number of hydrogen-bond acceptors (Lipinski definition) is 5. The zero-order valence-electron chi connectivity index (χ0n) is 11.9. The van der Waals surface area contributed by atoms with Crippen LogP contribution in [0.1, 0.15) is 18.1 Å². The number of aromatic nitrogens is 1. The summed E-state index contributed by atoms with van der Waals surface area (Å²) in [6.45, 7) is 3.12. The van der Waals surface area contributed by atoms with Crippen molar-refractivity contribution in [2.45, 2.75) is 18.6 Å². The van der Waals surface area contributed by atoms with Gasteiger partial charge in [-0.1, -0.05) is 0 Å². The summed E-state index contributed by atoms with van der Waals surface area (Å²) in [4.78, 5) is 8.72. The van der Waals surface area contributed by atoms with E-state index in [2.05, 4.69) is 28.9 Å². The molecule has 19 heavy (non-hydrogen) atoms. The van der Waals surface area contributed by atoms with Gasteiger partial charge in [0.05, 0.1) is 19.4 Å². The van der Waals surface area contributed by atoms with Crippen LogP contribution in [0.5, 0.6) is 5.75 Å². The van der Waals surface area contributed by atoms with Crippen LogP contribution in [0.3, 0.4) is 0 Å². The second-order valence-corrected chi connectivity index (χ2v) is 5.31. The summed E-state index contributed by atoms with van der Waals surface area (Å²) in [6.07, 6.45) is 3.58. The second kappa shape index (κ2) is 6.32. The van der Waals surface area contributed by atoms with E-state index in [9.17, 15) is 5.11 Å². The number of likely N-dealkylation sites (N-methyl/N-ethyl adjacent to an activating group) is 2. The van der Waals surface area contributed by atoms with E-state index in [-0.39, 0.29) is 0 Å². The minimum absolute atomic E-state index is 0.375. The summed E-state index contributed by atoms with van der Waals surface area (Å²) in [6, 6.07) is 2.23. The van der Waals surface area contributed by atoms with Crippen molar-refractivity contribution in [2.75, 3.05) is 40.8 Å². The van der Waals surface area contributed by atoms with E-state index in [1.54, 1.807) is 19.5 Å². The molecule has 2 atom stereocenters. The molecule has 5 heteroatoms. The van der Waals surface area contributed by atoms with Gasteiger partial charge in [-0.25, -0.2) is 0 Å². The van der Waals surface area contributed by atoms with E-state index < -0.39 is 6.10 Å². The lowest BCUT2D eigenvalue weighted by Crippen LogP contribution is -2.50. The van der Waals surface area contributed by atoms with Crippen molar-refractivity contribution in [3.05, 3.63) is 24.0 Å². The van der Waals surface area contributed by atoms with Crippen molar-refractivity contribution < 1.29 is 9.84 Å². The Kier molecular flexibility index (Phi) is 4.74. The largest absolute Gasteiger partial charge is 0.495 e. The van der Waals surface area contributed by atoms with Crippen LogP contribution in [-0.4, -0.2) is 66.8 Å². The number of pyridine rings is 1. The Balaban J connectivity index is 2.01. The highest BCUT2D eigenvalue weighted by Gasteiger charge is 2.25. The fourth-order valence-electron chi connectivity index (χ4n) is 2.48. The van der Waals surface area contributed by atoms with Gasteiger partial charge in [0.15, 0.2) is 0 Å². The molecule has 0 amide bonds. The molecule has 2 rings (SSSR count). The van der Waals surface area contributed by atoms with Crippen molar-refractivity contribution in [2.24, 2.45) is 0 Å². The van der Waals surface area contributed by atoms with Gasteiger partial charge in [-0.3, -0.25) is 4.98 Å². The van der Waals surface area contributed by atoms with Gasteiger partial charge in [-0.05, 0) is 26.6 Å². The van der Waals surface area contributed by atoms with Crippen molar-refractivity contribution in [1.82, 2.24) is 14.8 Å². The van der Waals surface area contributed by atoms with E-state index in [1.165, 1.54) is 0 Å². The molecule has 0 aliphatic carbocycles. The summed E-state index contributed by atoms with van der Waals surface area (Å²) in [5.74, 6) is 0.686. The highest BCUT2D eigenvalue weighted by Crippen LogP contribution is 2.24. The molecule has 2 heterocycles. The Labute approximate surface area is 114 Å². The molecule has 1 fully saturated rings. The number of nitrogens with zero attached hydrogens (tertiary/aromatic N) is 3. The predicted molar refractivity (Wildman–Crippen MR) is 74.3 cm³/mol. The molecule has 1 aliphatic heterocycles. The van der Waals surface area contributed by atoms with Crippen LogP contribution in [0.2, 0.25) is 0 Å². The molecule has 0 saturated carbocycles. The summed E-state index contributed by atoms with van der Waals surface area (Å²) in [5, 5.41) is 10.4. The molecule has 5 nitrogen and oxygen atoms in total. The molecule has 0 spiro atoms. The molecule has 106 valence electrons. The molecule has 2 unspecified atom stereocenters. The maximum atomic E-state index is 10.4. The lowest BCUT2D eigenvalue weighted by molar-refractivity contribution is 0.0633. The topological polar surface area (TPSA) is 48.8 Å². The third-order valence-electron chi connectivity index (χ3n) is 3.83.